The highest BCUT2D eigenvalue weighted by Gasteiger charge is 2.18. The third-order valence-electron chi connectivity index (χ3n) is 2.83. The summed E-state index contributed by atoms with van der Waals surface area (Å²) in [5, 5.41) is 11.3. The zero-order valence-corrected chi connectivity index (χ0v) is 14.2. The van der Waals surface area contributed by atoms with Crippen LogP contribution in [0.15, 0.2) is 42.5 Å². The van der Waals surface area contributed by atoms with E-state index in [4.69, 9.17) is 16.3 Å². The summed E-state index contributed by atoms with van der Waals surface area (Å²) in [7, 11) is 0. The number of hydrogen-bond acceptors (Lipinski definition) is 2. The molecule has 0 spiro atoms. The molecule has 0 saturated heterocycles. The molecule has 0 heterocycles. The minimum absolute atomic E-state index is 0.0572. The minimum Gasteiger partial charge on any atom is -0.491 e. The summed E-state index contributed by atoms with van der Waals surface area (Å²) in [6.07, 6.45) is -0.697. The van der Waals surface area contributed by atoms with Gasteiger partial charge in [-0.25, -0.2) is 0 Å². The molecule has 0 radical (unpaired) electrons. The van der Waals surface area contributed by atoms with Crippen LogP contribution in [-0.4, -0.2) is 11.2 Å². The lowest BCUT2D eigenvalue weighted by molar-refractivity contribution is 0.197. The summed E-state index contributed by atoms with van der Waals surface area (Å²) in [4.78, 5) is 0. The normalized spacial score (nSPS) is 12.5. The van der Waals surface area contributed by atoms with E-state index >= 15 is 0 Å². The van der Waals surface area contributed by atoms with Gasteiger partial charge >= 0.3 is 0 Å². The summed E-state index contributed by atoms with van der Waals surface area (Å²) >= 11 is 8.22. The van der Waals surface area contributed by atoms with Crippen LogP contribution >= 0.6 is 34.2 Å². The van der Waals surface area contributed by atoms with Crippen molar-refractivity contribution >= 4 is 34.2 Å². The maximum absolute atomic E-state index is 10.6. The van der Waals surface area contributed by atoms with Gasteiger partial charge < -0.3 is 9.84 Å². The molecule has 1 atom stereocenters. The van der Waals surface area contributed by atoms with Gasteiger partial charge in [0.15, 0.2) is 0 Å². The summed E-state index contributed by atoms with van der Waals surface area (Å²) < 4.78 is 6.73. The molecule has 2 nitrogen and oxygen atoms in total. The third-order valence-corrected chi connectivity index (χ3v) is 4.05. The lowest BCUT2D eigenvalue weighted by atomic mass is 10.0. The Kier molecular flexibility index (Phi) is 5.29. The van der Waals surface area contributed by atoms with Crippen LogP contribution in [0.25, 0.3) is 0 Å². The zero-order chi connectivity index (χ0) is 14.7. The number of aliphatic hydroxyl groups excluding tert-OH is 1. The Hall–Kier alpha value is -0.780. The summed E-state index contributed by atoms with van der Waals surface area (Å²) in [5.41, 5.74) is 1.54. The Labute approximate surface area is 137 Å². The molecule has 106 valence electrons. The number of para-hydroxylation sites is 1. The van der Waals surface area contributed by atoms with Crippen molar-refractivity contribution in [2.75, 3.05) is 0 Å². The Morgan fingerprint density at radius 1 is 1.10 bits per heavy atom. The van der Waals surface area contributed by atoms with Crippen LogP contribution in [0.3, 0.4) is 0 Å². The Morgan fingerprint density at radius 2 is 1.80 bits per heavy atom. The molecule has 0 aliphatic carbocycles. The number of halogens is 2. The van der Waals surface area contributed by atoms with E-state index in [9.17, 15) is 5.11 Å². The Morgan fingerprint density at radius 3 is 2.50 bits per heavy atom. The number of benzene rings is 2. The predicted molar refractivity (Wildman–Crippen MR) is 90.4 cm³/mol. The van der Waals surface area contributed by atoms with Crippen molar-refractivity contribution in [3.63, 3.8) is 0 Å². The molecule has 0 bridgehead atoms. The van der Waals surface area contributed by atoms with E-state index in [-0.39, 0.29) is 6.10 Å². The average Bonchev–Trinajstić information content (AvgIpc) is 2.41. The van der Waals surface area contributed by atoms with Crippen molar-refractivity contribution in [1.29, 1.82) is 0 Å². The summed E-state index contributed by atoms with van der Waals surface area (Å²) in [6.45, 7) is 3.93. The molecule has 1 unspecified atom stereocenters. The van der Waals surface area contributed by atoms with Crippen molar-refractivity contribution in [3.8, 4) is 5.75 Å². The minimum atomic E-state index is -0.754. The number of rotatable bonds is 4. The van der Waals surface area contributed by atoms with E-state index in [1.54, 1.807) is 6.07 Å². The summed E-state index contributed by atoms with van der Waals surface area (Å²) in [6, 6.07) is 13.0. The van der Waals surface area contributed by atoms with Crippen molar-refractivity contribution in [1.82, 2.24) is 0 Å². The SMILES string of the molecule is CC(C)Oc1ccccc1C(O)c1cc(Cl)ccc1I. The van der Waals surface area contributed by atoms with Crippen LogP contribution in [0.1, 0.15) is 31.1 Å². The van der Waals surface area contributed by atoms with Gasteiger partial charge in [-0.3, -0.25) is 0 Å². The van der Waals surface area contributed by atoms with E-state index < -0.39 is 6.10 Å². The smallest absolute Gasteiger partial charge is 0.125 e. The first-order valence-corrected chi connectivity index (χ1v) is 7.83. The monoisotopic (exact) mass is 402 g/mol. The molecule has 0 amide bonds. The van der Waals surface area contributed by atoms with Crippen molar-refractivity contribution in [2.45, 2.75) is 26.1 Å². The second-order valence-electron chi connectivity index (χ2n) is 4.77. The molecule has 0 aliphatic rings. The molecule has 2 aromatic carbocycles. The predicted octanol–water partition coefficient (Wildman–Crippen LogP) is 4.81. The number of ether oxygens (including phenoxy) is 1. The number of hydrogen-bond donors (Lipinski definition) is 1. The van der Waals surface area contributed by atoms with E-state index in [0.29, 0.717) is 10.8 Å². The Bertz CT molecular complexity index is 599. The van der Waals surface area contributed by atoms with E-state index in [1.165, 1.54) is 0 Å². The lowest BCUT2D eigenvalue weighted by Crippen LogP contribution is -2.10. The highest BCUT2D eigenvalue weighted by atomic mass is 127. The van der Waals surface area contributed by atoms with Gasteiger partial charge in [-0.2, -0.15) is 0 Å². The topological polar surface area (TPSA) is 29.5 Å². The van der Waals surface area contributed by atoms with Gasteiger partial charge in [0.1, 0.15) is 11.9 Å². The molecule has 0 aromatic heterocycles. The van der Waals surface area contributed by atoms with Gasteiger partial charge in [-0.15, -0.1) is 0 Å². The highest BCUT2D eigenvalue weighted by molar-refractivity contribution is 14.1. The quantitative estimate of drug-likeness (QED) is 0.744. The molecular formula is C16H16ClIO2. The van der Waals surface area contributed by atoms with Gasteiger partial charge in [-0.1, -0.05) is 29.8 Å². The molecule has 2 aromatic rings. The maximum Gasteiger partial charge on any atom is 0.125 e. The fraction of sp³-hybridized carbons (Fsp3) is 0.250. The van der Waals surface area contributed by atoms with Gasteiger partial charge in [0, 0.05) is 14.2 Å². The second-order valence-corrected chi connectivity index (χ2v) is 6.37. The van der Waals surface area contributed by atoms with Crippen molar-refractivity contribution in [2.24, 2.45) is 0 Å². The molecule has 4 heteroatoms. The van der Waals surface area contributed by atoms with Gasteiger partial charge in [0.25, 0.3) is 0 Å². The van der Waals surface area contributed by atoms with Crippen molar-refractivity contribution in [3.05, 3.63) is 62.2 Å². The zero-order valence-electron chi connectivity index (χ0n) is 11.3. The van der Waals surface area contributed by atoms with Gasteiger partial charge in [0.2, 0.25) is 0 Å². The van der Waals surface area contributed by atoms with E-state index in [1.807, 2.05) is 50.2 Å². The van der Waals surface area contributed by atoms with E-state index in [2.05, 4.69) is 22.6 Å². The first kappa shape index (κ1) is 15.6. The van der Waals surface area contributed by atoms with Crippen molar-refractivity contribution < 1.29 is 9.84 Å². The fourth-order valence-electron chi connectivity index (χ4n) is 1.96. The highest BCUT2D eigenvalue weighted by Crippen LogP contribution is 2.33. The van der Waals surface area contributed by atoms with Crippen LogP contribution in [-0.2, 0) is 0 Å². The molecule has 2 rings (SSSR count). The third kappa shape index (κ3) is 3.65. The second kappa shape index (κ2) is 6.78. The van der Waals surface area contributed by atoms with Crippen LogP contribution in [0.2, 0.25) is 5.02 Å². The molecule has 1 N–H and O–H groups in total. The Balaban J connectivity index is 2.42. The van der Waals surface area contributed by atoms with Crippen LogP contribution < -0.4 is 4.74 Å². The van der Waals surface area contributed by atoms with Gasteiger partial charge in [0.05, 0.1) is 6.10 Å². The largest absolute Gasteiger partial charge is 0.491 e. The molecule has 0 saturated carbocycles. The molecule has 0 aliphatic heterocycles. The maximum atomic E-state index is 10.6. The molecule has 20 heavy (non-hydrogen) atoms. The standard InChI is InChI=1S/C16H16ClIO2/c1-10(2)20-15-6-4-3-5-12(15)16(19)13-9-11(17)7-8-14(13)18/h3-10,16,19H,1-2H3. The van der Waals surface area contributed by atoms with Crippen LogP contribution in [0, 0.1) is 3.57 Å². The molecule has 0 fully saturated rings. The first-order chi connectivity index (χ1) is 9.49. The van der Waals surface area contributed by atoms with E-state index in [0.717, 1.165) is 14.7 Å². The average molecular weight is 403 g/mol. The summed E-state index contributed by atoms with van der Waals surface area (Å²) in [5.74, 6) is 0.700. The van der Waals surface area contributed by atoms with Crippen LogP contribution in [0.4, 0.5) is 0 Å². The fourth-order valence-corrected chi connectivity index (χ4v) is 2.77. The first-order valence-electron chi connectivity index (χ1n) is 6.37. The molecular weight excluding hydrogens is 387 g/mol. The van der Waals surface area contributed by atoms with Gasteiger partial charge in [-0.05, 0) is 66.3 Å². The lowest BCUT2D eigenvalue weighted by Gasteiger charge is -2.19. The number of aliphatic hydroxyl groups is 1. The van der Waals surface area contributed by atoms with Crippen LogP contribution in [0.5, 0.6) is 5.75 Å².